The maximum Gasteiger partial charge on any atom is 0.303 e. The van der Waals surface area contributed by atoms with Gasteiger partial charge in [-0.3, -0.25) is 9.59 Å². The molecule has 1 aromatic rings. The van der Waals surface area contributed by atoms with Crippen LogP contribution in [0, 0.1) is 5.92 Å². The molecule has 2 rings (SSSR count). The molecule has 2 N–H and O–H groups in total. The molecule has 1 aromatic heterocycles. The number of carbonyl (C=O) groups excluding carboxylic acids is 1. The maximum absolute atomic E-state index is 12.0. The molecule has 110 valence electrons. The molecule has 0 radical (unpaired) electrons. The summed E-state index contributed by atoms with van der Waals surface area (Å²) in [7, 11) is 0. The summed E-state index contributed by atoms with van der Waals surface area (Å²) in [5, 5.41) is 11.5. The van der Waals surface area contributed by atoms with E-state index in [1.165, 1.54) is 16.9 Å². The average Bonchev–Trinajstić information content (AvgIpc) is 2.96. The lowest BCUT2D eigenvalue weighted by molar-refractivity contribution is -0.137. The minimum absolute atomic E-state index is 0.00911. The molecule has 0 aliphatic heterocycles. The van der Waals surface area contributed by atoms with Crippen molar-refractivity contribution in [1.29, 1.82) is 0 Å². The van der Waals surface area contributed by atoms with Crippen molar-refractivity contribution in [3.8, 4) is 0 Å². The van der Waals surface area contributed by atoms with Crippen LogP contribution in [-0.2, 0) is 17.6 Å². The van der Waals surface area contributed by atoms with Gasteiger partial charge >= 0.3 is 5.97 Å². The van der Waals surface area contributed by atoms with E-state index in [-0.39, 0.29) is 12.3 Å². The predicted molar refractivity (Wildman–Crippen MR) is 79.3 cm³/mol. The third-order valence-corrected chi connectivity index (χ3v) is 4.98. The molecule has 0 fully saturated rings. The number of fused-ring (bicyclic) bond motifs is 1. The molecule has 0 saturated heterocycles. The van der Waals surface area contributed by atoms with E-state index in [0.29, 0.717) is 18.9 Å². The lowest BCUT2D eigenvalue weighted by Gasteiger charge is -2.10. The molecule has 1 aliphatic rings. The fourth-order valence-electron chi connectivity index (χ4n) is 2.47. The van der Waals surface area contributed by atoms with Crippen molar-refractivity contribution in [2.24, 2.45) is 5.92 Å². The van der Waals surface area contributed by atoms with Crippen molar-refractivity contribution in [3.05, 3.63) is 21.4 Å². The van der Waals surface area contributed by atoms with E-state index >= 15 is 0 Å². The molecule has 1 heterocycles. The van der Waals surface area contributed by atoms with Crippen LogP contribution < -0.4 is 5.32 Å². The highest BCUT2D eigenvalue weighted by Gasteiger charge is 2.18. The number of amides is 1. The summed E-state index contributed by atoms with van der Waals surface area (Å²) < 4.78 is 0. The van der Waals surface area contributed by atoms with Crippen LogP contribution in [0.2, 0.25) is 0 Å². The van der Waals surface area contributed by atoms with Crippen molar-refractivity contribution in [1.82, 2.24) is 5.32 Å². The van der Waals surface area contributed by atoms with Crippen LogP contribution in [0.5, 0.6) is 0 Å². The third kappa shape index (κ3) is 4.07. The lowest BCUT2D eigenvalue weighted by Crippen LogP contribution is -2.25. The highest BCUT2D eigenvalue weighted by Crippen LogP contribution is 2.30. The van der Waals surface area contributed by atoms with Gasteiger partial charge in [0, 0.05) is 17.8 Å². The van der Waals surface area contributed by atoms with Gasteiger partial charge in [-0.05, 0) is 49.7 Å². The Labute approximate surface area is 123 Å². The van der Waals surface area contributed by atoms with Crippen molar-refractivity contribution < 1.29 is 14.7 Å². The summed E-state index contributed by atoms with van der Waals surface area (Å²) in [6.45, 7) is 2.64. The Morgan fingerprint density at radius 2 is 2.20 bits per heavy atom. The molecule has 20 heavy (non-hydrogen) atoms. The van der Waals surface area contributed by atoms with E-state index in [1.807, 2.05) is 13.0 Å². The van der Waals surface area contributed by atoms with E-state index in [2.05, 4.69) is 5.32 Å². The van der Waals surface area contributed by atoms with Crippen LogP contribution in [0.15, 0.2) is 6.07 Å². The normalized spacial score (nSPS) is 14.8. The van der Waals surface area contributed by atoms with Gasteiger partial charge in [-0.25, -0.2) is 0 Å². The zero-order chi connectivity index (χ0) is 14.5. The van der Waals surface area contributed by atoms with Gasteiger partial charge in [-0.15, -0.1) is 11.3 Å². The first-order chi connectivity index (χ1) is 9.56. The zero-order valence-electron chi connectivity index (χ0n) is 11.8. The predicted octanol–water partition coefficient (Wildman–Crippen LogP) is 2.86. The van der Waals surface area contributed by atoms with Gasteiger partial charge in [0.2, 0.25) is 0 Å². The van der Waals surface area contributed by atoms with Gasteiger partial charge in [0.25, 0.3) is 5.91 Å². The molecular weight excluding hydrogens is 274 g/mol. The van der Waals surface area contributed by atoms with Gasteiger partial charge in [-0.1, -0.05) is 6.92 Å². The first-order valence-corrected chi connectivity index (χ1v) is 7.99. The van der Waals surface area contributed by atoms with Crippen LogP contribution >= 0.6 is 11.3 Å². The van der Waals surface area contributed by atoms with Crippen LogP contribution in [0.1, 0.15) is 52.7 Å². The van der Waals surface area contributed by atoms with Crippen molar-refractivity contribution in [3.63, 3.8) is 0 Å². The summed E-state index contributed by atoms with van der Waals surface area (Å²) in [6.07, 6.45) is 5.12. The summed E-state index contributed by atoms with van der Waals surface area (Å²) in [6, 6.07) is 2.02. The molecule has 0 saturated carbocycles. The number of carboxylic acid groups (broad SMARTS) is 1. The van der Waals surface area contributed by atoms with Gasteiger partial charge in [-0.2, -0.15) is 0 Å². The van der Waals surface area contributed by atoms with Crippen molar-refractivity contribution in [2.75, 3.05) is 6.54 Å². The number of aliphatic carboxylic acids is 1. The molecule has 5 heteroatoms. The number of hydrogen-bond acceptors (Lipinski definition) is 3. The number of carboxylic acids is 1. The number of aryl methyl sites for hydroxylation is 2. The Kier molecular flexibility index (Phi) is 5.17. The Hall–Kier alpha value is -1.36. The molecule has 1 aliphatic carbocycles. The van der Waals surface area contributed by atoms with Crippen LogP contribution in [-0.4, -0.2) is 23.5 Å². The lowest BCUT2D eigenvalue weighted by atomic mass is 10.0. The third-order valence-electron chi connectivity index (χ3n) is 3.74. The van der Waals surface area contributed by atoms with Crippen LogP contribution in [0.4, 0.5) is 0 Å². The second-order valence-corrected chi connectivity index (χ2v) is 6.63. The topological polar surface area (TPSA) is 66.4 Å². The highest BCUT2D eigenvalue weighted by molar-refractivity contribution is 7.14. The second-order valence-electron chi connectivity index (χ2n) is 5.49. The van der Waals surface area contributed by atoms with E-state index in [0.717, 1.165) is 24.1 Å². The molecular formula is C15H21NO3S. The van der Waals surface area contributed by atoms with Gasteiger partial charge < -0.3 is 10.4 Å². The van der Waals surface area contributed by atoms with Gasteiger partial charge in [0.15, 0.2) is 0 Å². The monoisotopic (exact) mass is 295 g/mol. The molecule has 0 aromatic carbocycles. The van der Waals surface area contributed by atoms with Gasteiger partial charge in [0.1, 0.15) is 0 Å². The standard InChI is InChI=1S/C15H21NO3S/c1-10(5-6-14(17)18)7-8-16-15(19)13-9-11-3-2-4-12(11)20-13/h9-10H,2-8H2,1H3,(H,16,19)(H,17,18). The minimum Gasteiger partial charge on any atom is -0.481 e. The summed E-state index contributed by atoms with van der Waals surface area (Å²) in [4.78, 5) is 24.7. The smallest absolute Gasteiger partial charge is 0.303 e. The molecule has 1 atom stereocenters. The molecule has 4 nitrogen and oxygen atoms in total. The SMILES string of the molecule is CC(CCNC(=O)c1cc2c(s1)CCC2)CCC(=O)O. The van der Waals surface area contributed by atoms with E-state index < -0.39 is 5.97 Å². The van der Waals surface area contributed by atoms with Crippen LogP contribution in [0.3, 0.4) is 0 Å². The number of carbonyl (C=O) groups is 2. The van der Waals surface area contributed by atoms with Crippen LogP contribution in [0.25, 0.3) is 0 Å². The minimum atomic E-state index is -0.756. The molecule has 0 spiro atoms. The Balaban J connectivity index is 1.71. The zero-order valence-corrected chi connectivity index (χ0v) is 12.6. The van der Waals surface area contributed by atoms with E-state index in [4.69, 9.17) is 5.11 Å². The maximum atomic E-state index is 12.0. The fraction of sp³-hybridized carbons (Fsp3) is 0.600. The highest BCUT2D eigenvalue weighted by atomic mass is 32.1. The quantitative estimate of drug-likeness (QED) is 0.813. The first kappa shape index (κ1) is 15.0. The van der Waals surface area contributed by atoms with Crippen molar-refractivity contribution >= 4 is 23.2 Å². The Morgan fingerprint density at radius 1 is 1.40 bits per heavy atom. The molecule has 1 amide bonds. The first-order valence-electron chi connectivity index (χ1n) is 7.18. The summed E-state index contributed by atoms with van der Waals surface area (Å²) in [5.41, 5.74) is 1.34. The Morgan fingerprint density at radius 3 is 2.90 bits per heavy atom. The van der Waals surface area contributed by atoms with E-state index in [9.17, 15) is 9.59 Å². The number of thiophene rings is 1. The molecule has 0 bridgehead atoms. The van der Waals surface area contributed by atoms with Crippen molar-refractivity contribution in [2.45, 2.75) is 45.4 Å². The van der Waals surface area contributed by atoms with E-state index in [1.54, 1.807) is 11.3 Å². The fourth-order valence-corrected chi connectivity index (χ4v) is 3.64. The molecule has 1 unspecified atom stereocenters. The average molecular weight is 295 g/mol. The number of nitrogens with one attached hydrogen (secondary N) is 1. The Bertz CT molecular complexity index is 474. The number of hydrogen-bond donors (Lipinski definition) is 2. The summed E-state index contributed by atoms with van der Waals surface area (Å²) in [5.74, 6) is -0.427. The largest absolute Gasteiger partial charge is 0.481 e. The van der Waals surface area contributed by atoms with Gasteiger partial charge in [0.05, 0.1) is 4.88 Å². The summed E-state index contributed by atoms with van der Waals surface area (Å²) >= 11 is 1.61. The number of rotatable bonds is 7. The second kappa shape index (κ2) is 6.88.